The van der Waals surface area contributed by atoms with Crippen LogP contribution in [0.3, 0.4) is 0 Å². The van der Waals surface area contributed by atoms with Crippen LogP contribution >= 0.6 is 0 Å². The summed E-state index contributed by atoms with van der Waals surface area (Å²) >= 11 is 0. The van der Waals surface area contributed by atoms with Crippen molar-refractivity contribution >= 4 is 16.7 Å². The van der Waals surface area contributed by atoms with Gasteiger partial charge in [0.2, 0.25) is 0 Å². The molecule has 1 amide bonds. The van der Waals surface area contributed by atoms with E-state index in [1.54, 1.807) is 4.57 Å². The van der Waals surface area contributed by atoms with Crippen molar-refractivity contribution < 1.29 is 9.90 Å². The lowest BCUT2D eigenvalue weighted by Crippen LogP contribution is -2.47. The van der Waals surface area contributed by atoms with E-state index in [0.29, 0.717) is 28.6 Å². The number of pyridine rings is 1. The molecule has 0 aliphatic carbocycles. The van der Waals surface area contributed by atoms with Gasteiger partial charge in [-0.15, -0.1) is 0 Å². The van der Waals surface area contributed by atoms with Crippen LogP contribution in [0, 0.1) is 0 Å². The number of aliphatic hydroxyl groups is 1. The van der Waals surface area contributed by atoms with Crippen LogP contribution in [-0.4, -0.2) is 64.7 Å². The van der Waals surface area contributed by atoms with Crippen LogP contribution < -0.4 is 10.9 Å². The Hall–Kier alpha value is -3.78. The second-order valence-corrected chi connectivity index (χ2v) is 10.4. The molecule has 0 spiro atoms. The highest BCUT2D eigenvalue weighted by Gasteiger charge is 2.27. The molecule has 0 saturated carbocycles. The summed E-state index contributed by atoms with van der Waals surface area (Å²) in [5.74, 6) is -0.173. The zero-order valence-corrected chi connectivity index (χ0v) is 23.1. The second-order valence-electron chi connectivity index (χ2n) is 10.4. The van der Waals surface area contributed by atoms with E-state index in [2.05, 4.69) is 22.0 Å². The third-order valence-electron chi connectivity index (χ3n) is 7.82. The van der Waals surface area contributed by atoms with Crippen LogP contribution in [0.25, 0.3) is 16.5 Å². The largest absolute Gasteiger partial charge is 0.396 e. The maximum atomic E-state index is 14.3. The van der Waals surface area contributed by atoms with Crippen LogP contribution in [-0.2, 0) is 6.54 Å². The number of carbonyl (C=O) groups is 1. The number of piperazine rings is 1. The van der Waals surface area contributed by atoms with Gasteiger partial charge in [-0.1, -0.05) is 73.7 Å². The van der Waals surface area contributed by atoms with Gasteiger partial charge in [-0.25, -0.2) is 0 Å². The summed E-state index contributed by atoms with van der Waals surface area (Å²) in [6.45, 7) is 7.04. The Balaban J connectivity index is 1.60. The fourth-order valence-electron chi connectivity index (χ4n) is 5.67. The summed E-state index contributed by atoms with van der Waals surface area (Å²) in [7, 11) is 0. The quantitative estimate of drug-likeness (QED) is 0.314. The van der Waals surface area contributed by atoms with Crippen LogP contribution in [0.1, 0.15) is 47.4 Å². The molecule has 0 radical (unpaired) electrons. The number of aliphatic hydroxyl groups excluding tert-OH is 1. The highest BCUT2D eigenvalue weighted by atomic mass is 16.3. The molecule has 208 valence electrons. The minimum Gasteiger partial charge on any atom is -0.396 e. The molecule has 2 heterocycles. The average molecular weight is 539 g/mol. The molecule has 1 fully saturated rings. The number of hydrogen-bond donors (Lipinski definition) is 2. The van der Waals surface area contributed by atoms with Gasteiger partial charge in [-0.3, -0.25) is 19.1 Å². The monoisotopic (exact) mass is 538 g/mol. The first-order valence-corrected chi connectivity index (χ1v) is 14.2. The van der Waals surface area contributed by atoms with Crippen molar-refractivity contribution in [1.29, 1.82) is 0 Å². The molecule has 1 atom stereocenters. The van der Waals surface area contributed by atoms with Crippen LogP contribution in [0.2, 0.25) is 0 Å². The molecule has 1 saturated heterocycles. The highest BCUT2D eigenvalue weighted by Crippen LogP contribution is 2.26. The number of fused-ring (bicyclic) bond motifs is 1. The van der Waals surface area contributed by atoms with E-state index >= 15 is 0 Å². The van der Waals surface area contributed by atoms with E-state index < -0.39 is 0 Å². The lowest BCUT2D eigenvalue weighted by atomic mass is 9.99. The van der Waals surface area contributed by atoms with Gasteiger partial charge in [0.05, 0.1) is 17.3 Å². The lowest BCUT2D eigenvalue weighted by Gasteiger charge is -2.35. The Bertz CT molecular complexity index is 1480. The summed E-state index contributed by atoms with van der Waals surface area (Å²) in [6, 6.07) is 26.9. The number of aromatic nitrogens is 1. The Morgan fingerprint density at radius 3 is 2.10 bits per heavy atom. The SMILES string of the molecule is CC[C@H](NC(=O)c1c(CN2CCN(CCCO)CC2)n(-c2ccccc2)c(=O)c2ccccc12)c1ccccc1. The van der Waals surface area contributed by atoms with Crippen molar-refractivity contribution in [2.24, 2.45) is 0 Å². The minimum atomic E-state index is -0.173. The van der Waals surface area contributed by atoms with E-state index in [1.807, 2.05) is 84.9 Å². The standard InChI is InChI=1S/C33H38N4O3/c1-2-29(25-12-5-3-6-13-25)34-32(39)31-27-16-9-10-17-28(27)33(40)37(26-14-7-4-8-15-26)30(31)24-36-21-19-35(20-22-36)18-11-23-38/h3-10,12-17,29,38H,2,11,18-24H2,1H3,(H,34,39)/t29-/m0/s1. The van der Waals surface area contributed by atoms with Crippen LogP contribution in [0.4, 0.5) is 0 Å². The molecule has 1 aliphatic rings. The third kappa shape index (κ3) is 6.02. The van der Waals surface area contributed by atoms with Gasteiger partial charge in [0.1, 0.15) is 0 Å². The number of nitrogens with zero attached hydrogens (tertiary/aromatic N) is 3. The fourth-order valence-corrected chi connectivity index (χ4v) is 5.67. The first-order chi connectivity index (χ1) is 19.6. The van der Waals surface area contributed by atoms with E-state index in [9.17, 15) is 14.7 Å². The van der Waals surface area contributed by atoms with Crippen molar-refractivity contribution in [2.45, 2.75) is 32.4 Å². The summed E-state index contributed by atoms with van der Waals surface area (Å²) < 4.78 is 1.73. The predicted octanol–water partition coefficient (Wildman–Crippen LogP) is 4.37. The molecule has 0 unspecified atom stereocenters. The zero-order valence-electron chi connectivity index (χ0n) is 23.1. The molecule has 0 bridgehead atoms. The maximum Gasteiger partial charge on any atom is 0.263 e. The summed E-state index contributed by atoms with van der Waals surface area (Å²) in [6.07, 6.45) is 1.51. The minimum absolute atomic E-state index is 0.120. The smallest absolute Gasteiger partial charge is 0.263 e. The van der Waals surface area contributed by atoms with Gasteiger partial charge >= 0.3 is 0 Å². The van der Waals surface area contributed by atoms with Gasteiger partial charge in [0, 0.05) is 62.3 Å². The van der Waals surface area contributed by atoms with Gasteiger partial charge in [0.25, 0.3) is 11.5 Å². The first-order valence-electron chi connectivity index (χ1n) is 14.2. The second kappa shape index (κ2) is 13.0. The molecular weight excluding hydrogens is 500 g/mol. The number of carbonyl (C=O) groups excluding carboxylic acids is 1. The molecular formula is C33H38N4O3. The number of benzene rings is 3. The van der Waals surface area contributed by atoms with Gasteiger partial charge in [0.15, 0.2) is 0 Å². The van der Waals surface area contributed by atoms with Gasteiger partial charge < -0.3 is 15.3 Å². The van der Waals surface area contributed by atoms with Crippen molar-refractivity contribution in [3.63, 3.8) is 0 Å². The Morgan fingerprint density at radius 2 is 1.45 bits per heavy atom. The molecule has 1 aliphatic heterocycles. The molecule has 7 nitrogen and oxygen atoms in total. The maximum absolute atomic E-state index is 14.3. The zero-order chi connectivity index (χ0) is 27.9. The molecule has 40 heavy (non-hydrogen) atoms. The van der Waals surface area contributed by atoms with E-state index in [-0.39, 0.29) is 24.1 Å². The summed E-state index contributed by atoms with van der Waals surface area (Å²) in [4.78, 5) is 33.0. The van der Waals surface area contributed by atoms with Crippen molar-refractivity contribution in [2.75, 3.05) is 39.3 Å². The highest BCUT2D eigenvalue weighted by molar-refractivity contribution is 6.08. The van der Waals surface area contributed by atoms with E-state index in [1.165, 1.54) is 0 Å². The van der Waals surface area contributed by atoms with Crippen molar-refractivity contribution in [1.82, 2.24) is 19.7 Å². The normalized spacial score (nSPS) is 15.2. The summed E-state index contributed by atoms with van der Waals surface area (Å²) in [5.41, 5.74) is 2.94. The molecule has 2 N–H and O–H groups in total. The first kappa shape index (κ1) is 27.8. The molecule has 3 aromatic carbocycles. The third-order valence-corrected chi connectivity index (χ3v) is 7.82. The van der Waals surface area contributed by atoms with E-state index in [4.69, 9.17) is 0 Å². The van der Waals surface area contributed by atoms with Crippen molar-refractivity contribution in [3.8, 4) is 5.69 Å². The molecule has 4 aromatic rings. The van der Waals surface area contributed by atoms with Crippen LogP contribution in [0.5, 0.6) is 0 Å². The predicted molar refractivity (Wildman–Crippen MR) is 160 cm³/mol. The topological polar surface area (TPSA) is 77.8 Å². The lowest BCUT2D eigenvalue weighted by molar-refractivity contribution is 0.0930. The Labute approximate surface area is 235 Å². The number of nitrogens with one attached hydrogen (secondary N) is 1. The number of para-hydroxylation sites is 1. The van der Waals surface area contributed by atoms with Crippen molar-refractivity contribution in [3.05, 3.63) is 112 Å². The van der Waals surface area contributed by atoms with Gasteiger partial charge in [-0.2, -0.15) is 0 Å². The average Bonchev–Trinajstić information content (AvgIpc) is 3.00. The van der Waals surface area contributed by atoms with Crippen LogP contribution in [0.15, 0.2) is 89.7 Å². The Kier molecular flexibility index (Phi) is 9.06. The van der Waals surface area contributed by atoms with Gasteiger partial charge in [-0.05, 0) is 36.6 Å². The number of hydrogen-bond acceptors (Lipinski definition) is 5. The molecule has 5 rings (SSSR count). The van der Waals surface area contributed by atoms with E-state index in [0.717, 1.165) is 56.8 Å². The summed E-state index contributed by atoms with van der Waals surface area (Å²) in [5, 5.41) is 13.7. The number of rotatable bonds is 10. The molecule has 7 heteroatoms. The number of amides is 1. The fraction of sp³-hybridized carbons (Fsp3) is 0.333. The Morgan fingerprint density at radius 1 is 0.850 bits per heavy atom. The molecule has 1 aromatic heterocycles.